The number of fused-ring (bicyclic) bond motifs is 1. The molecule has 2 aliphatic rings. The highest BCUT2D eigenvalue weighted by atomic mass is 19.4. The SMILES string of the molecule is CC(C)(C)OC(=O)n1ncc2cc(NC(=O)[C@H]3C[C@@H](F)CN3C(=O)C3(c4ccc(C(=O)C(F)(F)F)cc4)CCCCC3)ccc21. The monoisotopic (exact) mass is 630 g/mol. The molecule has 5 rings (SSSR count). The Balaban J connectivity index is 1.37. The Kier molecular flexibility index (Phi) is 8.49. The van der Waals surface area contributed by atoms with Gasteiger partial charge in [0.2, 0.25) is 11.8 Å². The van der Waals surface area contributed by atoms with Crippen LogP contribution in [0.3, 0.4) is 0 Å². The zero-order valence-corrected chi connectivity index (χ0v) is 25.1. The second-order valence-electron chi connectivity index (χ2n) is 12.7. The number of halogens is 4. The van der Waals surface area contributed by atoms with Crippen LogP contribution in [-0.4, -0.2) is 68.9 Å². The third-order valence-corrected chi connectivity index (χ3v) is 8.29. The molecule has 1 aliphatic heterocycles. The molecule has 0 radical (unpaired) electrons. The van der Waals surface area contributed by atoms with Gasteiger partial charge in [0.1, 0.15) is 17.8 Å². The summed E-state index contributed by atoms with van der Waals surface area (Å²) in [7, 11) is 0. The minimum atomic E-state index is -5.03. The lowest BCUT2D eigenvalue weighted by molar-refractivity contribution is -0.143. The van der Waals surface area contributed by atoms with Crippen LogP contribution in [0.2, 0.25) is 0 Å². The summed E-state index contributed by atoms with van der Waals surface area (Å²) >= 11 is 0. The molecule has 1 saturated heterocycles. The predicted octanol–water partition coefficient (Wildman–Crippen LogP) is 6.34. The van der Waals surface area contributed by atoms with Gasteiger partial charge >= 0.3 is 12.3 Å². The van der Waals surface area contributed by atoms with E-state index in [1.165, 1.54) is 23.2 Å². The van der Waals surface area contributed by atoms with E-state index in [-0.39, 0.29) is 13.0 Å². The summed E-state index contributed by atoms with van der Waals surface area (Å²) in [5.74, 6) is -3.05. The summed E-state index contributed by atoms with van der Waals surface area (Å²) in [6.45, 7) is 4.90. The van der Waals surface area contributed by atoms with Crippen LogP contribution in [0.4, 0.5) is 28.0 Å². The Bertz CT molecular complexity index is 1620. The fraction of sp³-hybridized carbons (Fsp3) is 0.469. The number of nitrogens with one attached hydrogen (secondary N) is 1. The topological polar surface area (TPSA) is 111 Å². The van der Waals surface area contributed by atoms with Gasteiger partial charge < -0.3 is 15.0 Å². The number of benzene rings is 2. The van der Waals surface area contributed by atoms with Crippen LogP contribution in [0, 0.1) is 0 Å². The Hall–Kier alpha value is -4.29. The maximum Gasteiger partial charge on any atom is 0.454 e. The number of Topliss-reactive ketones (excluding diaryl/α,β-unsaturated/α-hetero) is 1. The molecule has 1 saturated carbocycles. The number of likely N-dealkylation sites (tertiary alicyclic amines) is 1. The molecule has 13 heteroatoms. The number of hydrogen-bond acceptors (Lipinski definition) is 6. The largest absolute Gasteiger partial charge is 0.454 e. The van der Waals surface area contributed by atoms with Crippen LogP contribution in [0.1, 0.15) is 75.2 Å². The number of aromatic nitrogens is 2. The molecule has 45 heavy (non-hydrogen) atoms. The molecule has 2 fully saturated rings. The van der Waals surface area contributed by atoms with Gasteiger partial charge in [-0.3, -0.25) is 14.4 Å². The summed E-state index contributed by atoms with van der Waals surface area (Å²) in [4.78, 5) is 53.2. The molecule has 240 valence electrons. The molecule has 2 atom stereocenters. The van der Waals surface area contributed by atoms with Crippen molar-refractivity contribution in [2.24, 2.45) is 0 Å². The van der Waals surface area contributed by atoms with Crippen molar-refractivity contribution in [1.29, 1.82) is 0 Å². The standard InChI is InChI=1S/C32H34F4N4O5/c1-30(2,3)45-29(44)40-24-12-11-23(15-20(24)17-37-40)38-27(42)25-16-22(33)18-39(25)28(43)31(13-5-4-6-14-31)21-9-7-19(8-10-21)26(41)32(34,35)36/h7-12,15,17,22,25H,4-6,13-14,16,18H2,1-3H3,(H,38,42)/t22-,25-/m1/s1. The van der Waals surface area contributed by atoms with Crippen molar-refractivity contribution in [3.8, 4) is 0 Å². The number of amides is 2. The van der Waals surface area contributed by atoms with Gasteiger partial charge in [-0.25, -0.2) is 9.18 Å². The maximum absolute atomic E-state index is 14.9. The first-order valence-corrected chi connectivity index (χ1v) is 14.8. The second kappa shape index (κ2) is 11.9. The number of nitrogens with zero attached hydrogens (tertiary/aromatic N) is 3. The van der Waals surface area contributed by atoms with Gasteiger partial charge in [0.05, 0.1) is 23.7 Å². The van der Waals surface area contributed by atoms with Gasteiger partial charge in [-0.2, -0.15) is 23.0 Å². The van der Waals surface area contributed by atoms with E-state index < -0.39 is 58.7 Å². The van der Waals surface area contributed by atoms with Crippen molar-refractivity contribution in [2.75, 3.05) is 11.9 Å². The van der Waals surface area contributed by atoms with E-state index in [1.807, 2.05) is 0 Å². The molecular formula is C32H34F4N4O5. The molecule has 9 nitrogen and oxygen atoms in total. The third kappa shape index (κ3) is 6.57. The fourth-order valence-corrected chi connectivity index (χ4v) is 6.21. The number of ether oxygens (including phenoxy) is 1. The number of carbonyl (C=O) groups excluding carboxylic acids is 4. The van der Waals surface area contributed by atoms with Crippen LogP contribution in [-0.2, 0) is 19.7 Å². The van der Waals surface area contributed by atoms with Crippen LogP contribution in [0.25, 0.3) is 10.9 Å². The first kappa shape index (κ1) is 32.1. The first-order chi connectivity index (χ1) is 21.1. The van der Waals surface area contributed by atoms with Crippen molar-refractivity contribution in [1.82, 2.24) is 14.7 Å². The van der Waals surface area contributed by atoms with Crippen molar-refractivity contribution in [2.45, 2.75) is 88.7 Å². The Morgan fingerprint density at radius 3 is 2.27 bits per heavy atom. The molecule has 0 spiro atoms. The zero-order valence-electron chi connectivity index (χ0n) is 25.1. The van der Waals surface area contributed by atoms with Gasteiger partial charge in [0.25, 0.3) is 5.78 Å². The second-order valence-corrected chi connectivity index (χ2v) is 12.7. The third-order valence-electron chi connectivity index (χ3n) is 8.29. The molecule has 1 aliphatic carbocycles. The van der Waals surface area contributed by atoms with Crippen LogP contribution in [0.5, 0.6) is 0 Å². The van der Waals surface area contributed by atoms with Crippen LogP contribution in [0.15, 0.2) is 48.7 Å². The zero-order chi connectivity index (χ0) is 32.7. The van der Waals surface area contributed by atoms with Crippen molar-refractivity contribution < 1.29 is 41.5 Å². The molecule has 0 unspecified atom stereocenters. The summed E-state index contributed by atoms with van der Waals surface area (Å²) in [6, 6.07) is 8.44. The Morgan fingerprint density at radius 2 is 1.64 bits per heavy atom. The van der Waals surface area contributed by atoms with Gasteiger partial charge in [0, 0.05) is 23.1 Å². The molecule has 0 bridgehead atoms. The van der Waals surface area contributed by atoms with E-state index >= 15 is 0 Å². The smallest absolute Gasteiger partial charge is 0.442 e. The fourth-order valence-electron chi connectivity index (χ4n) is 6.21. The average molecular weight is 631 g/mol. The first-order valence-electron chi connectivity index (χ1n) is 14.8. The minimum Gasteiger partial charge on any atom is -0.442 e. The summed E-state index contributed by atoms with van der Waals surface area (Å²) in [6.07, 6.45) is -3.00. The van der Waals surface area contributed by atoms with Gasteiger partial charge in [0.15, 0.2) is 0 Å². The number of carbonyl (C=O) groups is 4. The van der Waals surface area contributed by atoms with E-state index in [9.17, 15) is 36.7 Å². The molecule has 1 aromatic heterocycles. The lowest BCUT2D eigenvalue weighted by atomic mass is 9.68. The molecule has 2 amide bonds. The lowest BCUT2D eigenvalue weighted by Crippen LogP contribution is -2.52. The van der Waals surface area contributed by atoms with E-state index in [0.29, 0.717) is 47.8 Å². The number of rotatable bonds is 5. The predicted molar refractivity (Wildman–Crippen MR) is 157 cm³/mol. The summed E-state index contributed by atoms with van der Waals surface area (Å²) < 4.78 is 60.2. The van der Waals surface area contributed by atoms with Crippen molar-refractivity contribution in [3.05, 3.63) is 59.8 Å². The lowest BCUT2D eigenvalue weighted by Gasteiger charge is -2.40. The normalized spacial score (nSPS) is 20.2. The average Bonchev–Trinajstić information content (AvgIpc) is 3.59. The Labute approximate surface area is 256 Å². The van der Waals surface area contributed by atoms with E-state index in [1.54, 1.807) is 39.0 Å². The molecule has 1 N–H and O–H groups in total. The maximum atomic E-state index is 14.9. The Morgan fingerprint density at radius 1 is 0.978 bits per heavy atom. The van der Waals surface area contributed by atoms with E-state index in [4.69, 9.17) is 4.74 Å². The van der Waals surface area contributed by atoms with Gasteiger partial charge in [-0.05, 0) is 57.4 Å². The van der Waals surface area contributed by atoms with Crippen LogP contribution < -0.4 is 5.32 Å². The number of alkyl halides is 4. The van der Waals surface area contributed by atoms with Crippen molar-refractivity contribution >= 4 is 40.3 Å². The van der Waals surface area contributed by atoms with Gasteiger partial charge in [-0.15, -0.1) is 0 Å². The molecule has 3 aromatic rings. The molecule has 2 aromatic carbocycles. The summed E-state index contributed by atoms with van der Waals surface area (Å²) in [5, 5.41) is 7.38. The number of ketones is 1. The molecular weight excluding hydrogens is 596 g/mol. The quantitative estimate of drug-likeness (QED) is 0.260. The van der Waals surface area contributed by atoms with E-state index in [2.05, 4.69) is 10.4 Å². The van der Waals surface area contributed by atoms with Gasteiger partial charge in [-0.1, -0.05) is 43.5 Å². The number of hydrogen-bond donors (Lipinski definition) is 1. The summed E-state index contributed by atoms with van der Waals surface area (Å²) in [5.41, 5.74) is -1.21. The highest BCUT2D eigenvalue weighted by Gasteiger charge is 2.49. The highest BCUT2D eigenvalue weighted by Crippen LogP contribution is 2.43. The van der Waals surface area contributed by atoms with Crippen molar-refractivity contribution in [3.63, 3.8) is 0 Å². The minimum absolute atomic E-state index is 0.217. The van der Waals surface area contributed by atoms with E-state index in [0.717, 1.165) is 23.2 Å². The highest BCUT2D eigenvalue weighted by molar-refractivity contribution is 6.02. The molecule has 2 heterocycles. The van der Waals surface area contributed by atoms with Crippen LogP contribution >= 0.6 is 0 Å². The number of anilines is 1.